The van der Waals surface area contributed by atoms with Crippen molar-refractivity contribution in [1.82, 2.24) is 24.0 Å². The Hall–Kier alpha value is -10.2. The number of carbonyl (C=O) groups is 8. The van der Waals surface area contributed by atoms with E-state index in [-0.39, 0.29) is 48.9 Å². The highest BCUT2D eigenvalue weighted by Gasteiger charge is 2.42. The van der Waals surface area contributed by atoms with Crippen LogP contribution in [0, 0.1) is 11.8 Å². The number of fused-ring (bicyclic) bond motifs is 8. The van der Waals surface area contributed by atoms with E-state index in [4.69, 9.17) is 14.3 Å². The number of aromatic carboxylic acids is 2. The molecule has 0 aromatic heterocycles. The van der Waals surface area contributed by atoms with Crippen molar-refractivity contribution in [2.75, 3.05) is 88.3 Å². The van der Waals surface area contributed by atoms with Crippen LogP contribution in [0.3, 0.4) is 0 Å². The van der Waals surface area contributed by atoms with Gasteiger partial charge in [0.1, 0.15) is 49.2 Å². The van der Waals surface area contributed by atoms with Crippen LogP contribution >= 0.6 is 0 Å². The summed E-state index contributed by atoms with van der Waals surface area (Å²) in [6.45, 7) is 9.48. The molecule has 19 rings (SSSR count). The Kier molecular flexibility index (Phi) is 16.2. The van der Waals surface area contributed by atoms with E-state index in [1.54, 1.807) is 46.2 Å². The SMILES string of the molecule is O=C(O)c1ccc(C(=O)N2CCC(C(=O)O)CC2)cc1C1=c2cc3c4c(c2Oc2c1cc1c5c2CCCN5CCC1)CCC[N+]=4CCC3.O=C(O)c1ccc(C(=O)N2CCC(C(=O)ON3C(=O)CCC3=O)CC2)cc1C1=c2cc3c4c(c2Oc2c1cc1c5c2CCCN5CCC1)CCC[N+]=4CCC3. The van der Waals surface area contributed by atoms with E-state index >= 15 is 0 Å². The molecule has 103 heavy (non-hydrogen) atoms. The van der Waals surface area contributed by atoms with Gasteiger partial charge in [0.15, 0.2) is 0 Å². The van der Waals surface area contributed by atoms with Crippen LogP contribution in [0.15, 0.2) is 60.7 Å². The van der Waals surface area contributed by atoms with Gasteiger partial charge in [-0.3, -0.25) is 24.0 Å². The van der Waals surface area contributed by atoms with Crippen LogP contribution in [0.25, 0.3) is 11.1 Å². The van der Waals surface area contributed by atoms with E-state index in [1.165, 1.54) is 66.6 Å². The molecule has 21 nitrogen and oxygen atoms in total. The summed E-state index contributed by atoms with van der Waals surface area (Å²) in [4.78, 5) is 116. The maximum Gasteiger partial charge on any atom is 0.336 e. The summed E-state index contributed by atoms with van der Waals surface area (Å²) in [6.07, 6.45) is 17.3. The number of hydrogen-bond acceptors (Lipinski definition) is 13. The summed E-state index contributed by atoms with van der Waals surface area (Å²) in [5, 5.41) is 35.8. The lowest BCUT2D eigenvalue weighted by atomic mass is 9.81. The molecular weight excluding hydrogens is 1310 g/mol. The van der Waals surface area contributed by atoms with Crippen LogP contribution in [0.5, 0.6) is 23.0 Å². The minimum absolute atomic E-state index is 0.0228. The number of carboxylic acid groups (broad SMARTS) is 3. The van der Waals surface area contributed by atoms with Gasteiger partial charge in [-0.1, -0.05) is 0 Å². The number of piperidine rings is 2. The van der Waals surface area contributed by atoms with E-state index in [0.717, 1.165) is 211 Å². The quantitative estimate of drug-likeness (QED) is 0.0969. The zero-order valence-corrected chi connectivity index (χ0v) is 57.9. The van der Waals surface area contributed by atoms with Crippen LogP contribution in [-0.4, -0.2) is 156 Å². The number of hydrogen-bond donors (Lipinski definition) is 3. The van der Waals surface area contributed by atoms with Gasteiger partial charge in [-0.25, -0.2) is 23.5 Å². The highest BCUT2D eigenvalue weighted by Crippen LogP contribution is 2.51. The molecule has 13 aliphatic heterocycles. The van der Waals surface area contributed by atoms with Crippen molar-refractivity contribution in [2.24, 2.45) is 11.8 Å². The number of carbonyl (C=O) groups excluding carboxylic acids is 5. The Balaban J connectivity index is 0.000000149. The van der Waals surface area contributed by atoms with Crippen LogP contribution in [-0.2, 0) is 75.4 Å². The molecule has 0 atom stereocenters. The molecule has 6 aromatic rings. The molecule has 21 heteroatoms. The predicted molar refractivity (Wildman–Crippen MR) is 379 cm³/mol. The largest absolute Gasteiger partial charge is 0.481 e. The van der Waals surface area contributed by atoms with Gasteiger partial charge in [0.05, 0.1) is 34.1 Å². The maximum absolute atomic E-state index is 14.2. The topological polar surface area (TPSA) is 247 Å². The second kappa shape index (κ2) is 25.7. The minimum atomic E-state index is -1.07. The van der Waals surface area contributed by atoms with Gasteiger partial charge in [-0.2, -0.15) is 0 Å². The van der Waals surface area contributed by atoms with Gasteiger partial charge in [-0.15, -0.1) is 5.06 Å². The molecular formula is C82H83N7O14+2. The van der Waals surface area contributed by atoms with Crippen molar-refractivity contribution < 1.29 is 68.0 Å². The standard InChI is InChI=1S/C43H42N4O8.C39H39N3O6/c48-34-11-12-35(49)47(34)55-43(53)24-13-19-46(20-14-24)41(50)27-9-10-28(42(51)52)31(23-27)36-32-21-25-5-1-15-44-17-3-7-29(37(25)44)39(32)54-40-30-8-4-18-45-16-2-6-26(38(30)45)22-33(36)40;43-37(42-17-11-22(12-18-42)38(44)45)25-9-10-26(39(46)47)29(21-25)32-30-19-23-5-1-13-40-15-3-7-27(33(23)40)35(30)48-36-28-8-4-16-41-14-2-6-24(34(28)41)20-31(32)36/h9-10,21-24H,1-8,11-20H2;9-10,19-22H,1-8,11-18H2,(H-,44,45,46,47)/p+2. The van der Waals surface area contributed by atoms with Crippen LogP contribution in [0.4, 0.5) is 11.4 Å². The van der Waals surface area contributed by atoms with Crippen molar-refractivity contribution in [2.45, 2.75) is 141 Å². The first kappa shape index (κ1) is 64.9. The Morgan fingerprint density at radius 3 is 1.24 bits per heavy atom. The molecule has 0 radical (unpaired) electrons. The van der Waals surface area contributed by atoms with E-state index < -0.39 is 47.5 Å². The van der Waals surface area contributed by atoms with Crippen molar-refractivity contribution in [1.29, 1.82) is 0 Å². The summed E-state index contributed by atoms with van der Waals surface area (Å²) in [7, 11) is 0. The molecule has 4 amide bonds. The summed E-state index contributed by atoms with van der Waals surface area (Å²) >= 11 is 0. The molecule has 0 aliphatic carbocycles. The van der Waals surface area contributed by atoms with Gasteiger partial charge in [0.25, 0.3) is 23.6 Å². The summed E-state index contributed by atoms with van der Waals surface area (Å²) in [5.41, 5.74) is 18.1. The first-order valence-electron chi connectivity index (χ1n) is 37.6. The first-order valence-corrected chi connectivity index (χ1v) is 37.6. The molecule has 0 unspecified atom stereocenters. The molecule has 0 bridgehead atoms. The van der Waals surface area contributed by atoms with Crippen molar-refractivity contribution in [3.63, 3.8) is 0 Å². The highest BCUT2D eigenvalue weighted by molar-refractivity contribution is 6.05. The number of hydroxylamine groups is 2. The minimum Gasteiger partial charge on any atom is -0.481 e. The average Bonchev–Trinajstić information content (AvgIpc) is 0.899. The van der Waals surface area contributed by atoms with Crippen LogP contribution < -0.4 is 49.6 Å². The number of amides is 4. The number of aliphatic carboxylic acids is 1. The van der Waals surface area contributed by atoms with E-state index in [1.807, 2.05) is 0 Å². The number of benzene rings is 6. The number of aryl methyl sites for hydroxylation is 4. The fraction of sp³-hybridized carbons (Fsp3) is 0.439. The fourth-order valence-electron chi connectivity index (χ4n) is 19.6. The number of nitrogens with zero attached hydrogens (tertiary/aromatic N) is 7. The fourth-order valence-corrected chi connectivity index (χ4v) is 19.6. The highest BCUT2D eigenvalue weighted by atomic mass is 16.7. The van der Waals surface area contributed by atoms with E-state index in [9.17, 15) is 53.7 Å². The second-order valence-corrected chi connectivity index (χ2v) is 30.3. The Bertz CT molecular complexity index is 5070. The zero-order chi connectivity index (χ0) is 70.2. The number of rotatable bonds is 9. The molecule has 13 aliphatic rings. The van der Waals surface area contributed by atoms with Crippen LogP contribution in [0.2, 0.25) is 0 Å². The molecule has 0 saturated carbocycles. The third kappa shape index (κ3) is 10.9. The molecule has 3 N–H and O–H groups in total. The first-order chi connectivity index (χ1) is 50.1. The number of anilines is 2. The van der Waals surface area contributed by atoms with Gasteiger partial charge in [0.2, 0.25) is 10.7 Å². The monoisotopic (exact) mass is 1390 g/mol. The zero-order valence-electron chi connectivity index (χ0n) is 57.9. The molecule has 528 valence electrons. The Morgan fingerprint density at radius 2 is 0.816 bits per heavy atom. The molecule has 13 heterocycles. The Morgan fingerprint density at radius 1 is 0.417 bits per heavy atom. The molecule has 6 aromatic carbocycles. The van der Waals surface area contributed by atoms with Gasteiger partial charge in [-0.05, 0) is 186 Å². The summed E-state index contributed by atoms with van der Waals surface area (Å²) in [5.74, 6) is -2.77. The molecule has 3 saturated heterocycles. The smallest absolute Gasteiger partial charge is 0.336 e. The lowest BCUT2D eigenvalue weighted by molar-refractivity contribution is -0.201. The van der Waals surface area contributed by atoms with Gasteiger partial charge < -0.3 is 49.2 Å². The normalized spacial score (nSPS) is 19.8. The van der Waals surface area contributed by atoms with Crippen molar-refractivity contribution in [3.05, 3.63) is 171 Å². The van der Waals surface area contributed by atoms with E-state index in [0.29, 0.717) is 66.1 Å². The van der Waals surface area contributed by atoms with Crippen molar-refractivity contribution in [3.8, 4) is 23.0 Å². The van der Waals surface area contributed by atoms with Gasteiger partial charge in [0, 0.05) is 168 Å². The second-order valence-electron chi connectivity index (χ2n) is 30.3. The van der Waals surface area contributed by atoms with Crippen LogP contribution in [0.1, 0.15) is 198 Å². The maximum atomic E-state index is 14.2. The third-order valence-electron chi connectivity index (χ3n) is 24.3. The number of likely N-dealkylation sites (tertiary alicyclic amines) is 2. The van der Waals surface area contributed by atoms with Gasteiger partial charge >= 0.3 is 23.9 Å². The average molecular weight is 1390 g/mol. The Labute approximate surface area is 594 Å². The number of imide groups is 1. The third-order valence-corrected chi connectivity index (χ3v) is 24.3. The molecule has 3 fully saturated rings. The van der Waals surface area contributed by atoms with Crippen molar-refractivity contribution >= 4 is 70.0 Å². The lowest BCUT2D eigenvalue weighted by Gasteiger charge is -2.39. The predicted octanol–water partition coefficient (Wildman–Crippen LogP) is 7.04. The molecule has 0 spiro atoms. The van der Waals surface area contributed by atoms with E-state index in [2.05, 4.69) is 43.2 Å². The summed E-state index contributed by atoms with van der Waals surface area (Å²) < 4.78 is 19.3. The number of carboxylic acids is 3. The number of ether oxygens (including phenoxy) is 2. The lowest BCUT2D eigenvalue weighted by Crippen LogP contribution is -2.45. The summed E-state index contributed by atoms with van der Waals surface area (Å²) in [6, 6.07) is 18.8.